The fraction of sp³-hybridized carbons (Fsp3) is 0.500. The summed E-state index contributed by atoms with van der Waals surface area (Å²) in [4.78, 5) is 34.9. The Balaban J connectivity index is 1.52. The van der Waals surface area contributed by atoms with Crippen LogP contribution in [-0.2, 0) is 4.79 Å². The lowest BCUT2D eigenvalue weighted by molar-refractivity contribution is -0.127. The minimum absolute atomic E-state index is 0.309. The van der Waals surface area contributed by atoms with Gasteiger partial charge in [0.15, 0.2) is 18.2 Å². The van der Waals surface area contributed by atoms with Crippen molar-refractivity contribution in [3.8, 4) is 5.75 Å². The molecule has 0 spiro atoms. The maximum absolute atomic E-state index is 12.6. The lowest BCUT2D eigenvalue weighted by atomic mass is 10.1. The summed E-state index contributed by atoms with van der Waals surface area (Å²) in [6, 6.07) is 8.64. The molecule has 0 radical (unpaired) electrons. The van der Waals surface area contributed by atoms with Crippen molar-refractivity contribution in [2.24, 2.45) is 4.99 Å². The van der Waals surface area contributed by atoms with Gasteiger partial charge in [-0.2, -0.15) is 0 Å². The summed E-state index contributed by atoms with van der Waals surface area (Å²) in [5.74, 6) is 1.24. The molecule has 9 nitrogen and oxygen atoms in total. The highest BCUT2D eigenvalue weighted by Crippen LogP contribution is 2.25. The summed E-state index contributed by atoms with van der Waals surface area (Å²) in [5, 5.41) is 5.74. The second-order valence-corrected chi connectivity index (χ2v) is 6.78. The van der Waals surface area contributed by atoms with E-state index in [9.17, 15) is 9.59 Å². The SMILES string of the molecule is CN1C(=O)NC(=O)C2C1N=C(N1CCNCC1)N2CCOc1ccccc1. The molecule has 0 aliphatic carbocycles. The first kappa shape index (κ1) is 17.6. The molecule has 144 valence electrons. The summed E-state index contributed by atoms with van der Waals surface area (Å²) in [7, 11) is 1.67. The van der Waals surface area contributed by atoms with Crippen LogP contribution in [0.15, 0.2) is 35.3 Å². The molecule has 2 N–H and O–H groups in total. The van der Waals surface area contributed by atoms with Crippen LogP contribution in [0.4, 0.5) is 4.79 Å². The molecule has 0 aromatic heterocycles. The van der Waals surface area contributed by atoms with Gasteiger partial charge in [-0.05, 0) is 12.1 Å². The molecule has 2 saturated heterocycles. The van der Waals surface area contributed by atoms with Crippen LogP contribution in [0.25, 0.3) is 0 Å². The number of imide groups is 1. The maximum Gasteiger partial charge on any atom is 0.325 e. The van der Waals surface area contributed by atoms with Crippen LogP contribution in [0.1, 0.15) is 0 Å². The molecular formula is C18H24N6O3. The van der Waals surface area contributed by atoms with Crippen molar-refractivity contribution in [3.63, 3.8) is 0 Å². The number of para-hydroxylation sites is 1. The van der Waals surface area contributed by atoms with E-state index >= 15 is 0 Å². The van der Waals surface area contributed by atoms with Crippen molar-refractivity contribution < 1.29 is 14.3 Å². The largest absolute Gasteiger partial charge is 0.492 e. The van der Waals surface area contributed by atoms with Crippen LogP contribution in [0.5, 0.6) is 5.75 Å². The Morgan fingerprint density at radius 2 is 1.93 bits per heavy atom. The van der Waals surface area contributed by atoms with E-state index in [0.29, 0.717) is 13.2 Å². The Morgan fingerprint density at radius 1 is 1.19 bits per heavy atom. The number of nitrogens with zero attached hydrogens (tertiary/aromatic N) is 4. The predicted octanol–water partition coefficient (Wildman–Crippen LogP) is -0.481. The Labute approximate surface area is 158 Å². The van der Waals surface area contributed by atoms with E-state index < -0.39 is 18.2 Å². The maximum atomic E-state index is 12.6. The summed E-state index contributed by atoms with van der Waals surface area (Å²) in [5.41, 5.74) is 0. The average Bonchev–Trinajstić information content (AvgIpc) is 3.08. The van der Waals surface area contributed by atoms with E-state index in [1.54, 1.807) is 7.05 Å². The predicted molar refractivity (Wildman–Crippen MR) is 99.4 cm³/mol. The molecular weight excluding hydrogens is 348 g/mol. The number of benzene rings is 1. The Morgan fingerprint density at radius 3 is 2.67 bits per heavy atom. The van der Waals surface area contributed by atoms with Crippen LogP contribution in [0.2, 0.25) is 0 Å². The number of hydrogen-bond acceptors (Lipinski definition) is 7. The highest BCUT2D eigenvalue weighted by atomic mass is 16.5. The second kappa shape index (κ2) is 7.43. The molecule has 0 saturated carbocycles. The fourth-order valence-electron chi connectivity index (χ4n) is 3.66. The van der Waals surface area contributed by atoms with E-state index in [1.165, 1.54) is 4.90 Å². The number of fused-ring (bicyclic) bond motifs is 1. The van der Waals surface area contributed by atoms with Crippen molar-refractivity contribution >= 4 is 17.9 Å². The molecule has 3 aliphatic heterocycles. The van der Waals surface area contributed by atoms with E-state index in [0.717, 1.165) is 37.9 Å². The molecule has 1 aromatic carbocycles. The average molecular weight is 372 g/mol. The molecule has 3 heterocycles. The number of carbonyl (C=O) groups excluding carboxylic acids is 2. The van der Waals surface area contributed by atoms with Gasteiger partial charge in [0.25, 0.3) is 5.91 Å². The van der Waals surface area contributed by atoms with E-state index in [2.05, 4.69) is 15.5 Å². The molecule has 2 unspecified atom stereocenters. The normalized spacial score (nSPS) is 25.2. The summed E-state index contributed by atoms with van der Waals surface area (Å²) < 4.78 is 5.83. The molecule has 2 fully saturated rings. The molecule has 2 atom stereocenters. The van der Waals surface area contributed by atoms with Crippen LogP contribution < -0.4 is 15.4 Å². The number of piperazine rings is 1. The zero-order valence-corrected chi connectivity index (χ0v) is 15.3. The van der Waals surface area contributed by atoms with E-state index in [-0.39, 0.29) is 5.91 Å². The molecule has 4 rings (SSSR count). The van der Waals surface area contributed by atoms with Crippen LogP contribution in [-0.4, -0.2) is 91.2 Å². The number of likely N-dealkylation sites (N-methyl/N-ethyl adjacent to an activating group) is 1. The van der Waals surface area contributed by atoms with Gasteiger partial charge in [-0.3, -0.25) is 10.1 Å². The van der Waals surface area contributed by atoms with Crippen molar-refractivity contribution in [2.75, 3.05) is 46.4 Å². The fourth-order valence-corrected chi connectivity index (χ4v) is 3.66. The molecule has 9 heteroatoms. The van der Waals surface area contributed by atoms with Gasteiger partial charge in [0.05, 0.1) is 6.54 Å². The smallest absolute Gasteiger partial charge is 0.325 e. The van der Waals surface area contributed by atoms with Gasteiger partial charge in [-0.15, -0.1) is 0 Å². The highest BCUT2D eigenvalue weighted by Gasteiger charge is 2.49. The van der Waals surface area contributed by atoms with Gasteiger partial charge >= 0.3 is 6.03 Å². The Hall–Kier alpha value is -2.81. The lowest BCUT2D eigenvalue weighted by Gasteiger charge is -2.38. The molecule has 27 heavy (non-hydrogen) atoms. The topological polar surface area (TPSA) is 89.5 Å². The number of rotatable bonds is 4. The summed E-state index contributed by atoms with van der Waals surface area (Å²) in [6.45, 7) is 4.28. The molecule has 3 amide bonds. The number of guanidine groups is 1. The standard InChI is InChI=1S/C18H24N6O3/c1-22-15-14(16(25)21-18(22)26)24(11-12-27-13-5-3-2-4-6-13)17(20-15)23-9-7-19-8-10-23/h2-6,14-15,19H,7-12H2,1H3,(H,21,25,26). The van der Waals surface area contributed by atoms with Gasteiger partial charge in [-0.1, -0.05) is 18.2 Å². The summed E-state index contributed by atoms with van der Waals surface area (Å²) in [6.07, 6.45) is -0.507. The van der Waals surface area contributed by atoms with Gasteiger partial charge in [0, 0.05) is 33.2 Å². The number of amides is 3. The third-order valence-electron chi connectivity index (χ3n) is 5.08. The first-order valence-corrected chi connectivity index (χ1v) is 9.21. The number of aliphatic imine (C=N–C) groups is 1. The lowest BCUT2D eigenvalue weighted by Crippen LogP contribution is -2.65. The van der Waals surface area contributed by atoms with Gasteiger partial charge < -0.3 is 24.8 Å². The zero-order valence-electron chi connectivity index (χ0n) is 15.3. The van der Waals surface area contributed by atoms with Gasteiger partial charge in [0.1, 0.15) is 12.4 Å². The molecule has 3 aliphatic rings. The quantitative estimate of drug-likeness (QED) is 0.742. The van der Waals surface area contributed by atoms with Gasteiger partial charge in [0.2, 0.25) is 0 Å². The molecule has 0 bridgehead atoms. The zero-order chi connectivity index (χ0) is 18.8. The van der Waals surface area contributed by atoms with Crippen LogP contribution >= 0.6 is 0 Å². The van der Waals surface area contributed by atoms with E-state index in [1.807, 2.05) is 35.2 Å². The Kier molecular flexibility index (Phi) is 4.85. The number of urea groups is 1. The highest BCUT2D eigenvalue weighted by molar-refractivity contribution is 6.03. The van der Waals surface area contributed by atoms with Crippen LogP contribution in [0, 0.1) is 0 Å². The van der Waals surface area contributed by atoms with Gasteiger partial charge in [-0.25, -0.2) is 9.79 Å². The number of ether oxygens (including phenoxy) is 1. The third kappa shape index (κ3) is 3.42. The first-order chi connectivity index (χ1) is 13.1. The first-order valence-electron chi connectivity index (χ1n) is 9.21. The minimum Gasteiger partial charge on any atom is -0.492 e. The van der Waals surface area contributed by atoms with Crippen molar-refractivity contribution in [3.05, 3.63) is 30.3 Å². The third-order valence-corrected chi connectivity index (χ3v) is 5.08. The van der Waals surface area contributed by atoms with E-state index in [4.69, 9.17) is 9.73 Å². The van der Waals surface area contributed by atoms with Crippen molar-refractivity contribution in [1.82, 2.24) is 25.3 Å². The monoisotopic (exact) mass is 372 g/mol. The molecule has 1 aromatic rings. The second-order valence-electron chi connectivity index (χ2n) is 6.78. The number of nitrogens with one attached hydrogen (secondary N) is 2. The number of carbonyl (C=O) groups is 2. The van der Waals surface area contributed by atoms with Crippen LogP contribution in [0.3, 0.4) is 0 Å². The van der Waals surface area contributed by atoms with Crippen molar-refractivity contribution in [2.45, 2.75) is 12.2 Å². The number of hydrogen-bond donors (Lipinski definition) is 2. The summed E-state index contributed by atoms with van der Waals surface area (Å²) >= 11 is 0. The minimum atomic E-state index is -0.531. The van der Waals surface area contributed by atoms with Crippen molar-refractivity contribution in [1.29, 1.82) is 0 Å². The Bertz CT molecular complexity index is 734.